The smallest absolute Gasteiger partial charge is 0.234 e. The minimum absolute atomic E-state index is 0.141. The molecule has 3 aromatic rings. The lowest BCUT2D eigenvalue weighted by Crippen LogP contribution is -2.14. The molecular formula is C19H17ClN2O2S. The number of methoxy groups -OCH3 is 1. The van der Waals surface area contributed by atoms with Crippen molar-refractivity contribution in [1.82, 2.24) is 4.98 Å². The van der Waals surface area contributed by atoms with Crippen LogP contribution in [0.3, 0.4) is 0 Å². The van der Waals surface area contributed by atoms with Gasteiger partial charge in [-0.2, -0.15) is 0 Å². The highest BCUT2D eigenvalue weighted by atomic mass is 35.5. The molecule has 0 saturated heterocycles. The molecule has 3 rings (SSSR count). The normalized spacial score (nSPS) is 10.7. The first-order valence-electron chi connectivity index (χ1n) is 7.69. The second kappa shape index (κ2) is 7.76. The van der Waals surface area contributed by atoms with Crippen molar-refractivity contribution in [2.75, 3.05) is 18.2 Å². The maximum atomic E-state index is 12.3. The summed E-state index contributed by atoms with van der Waals surface area (Å²) < 4.78 is 5.24. The lowest BCUT2D eigenvalue weighted by Gasteiger charge is -2.10. The van der Waals surface area contributed by atoms with Gasteiger partial charge in [-0.1, -0.05) is 41.6 Å². The van der Waals surface area contributed by atoms with Crippen molar-refractivity contribution in [3.63, 3.8) is 0 Å². The second-order valence-electron chi connectivity index (χ2n) is 5.48. The fourth-order valence-corrected chi connectivity index (χ4v) is 3.44. The summed E-state index contributed by atoms with van der Waals surface area (Å²) in [6, 6.07) is 15.1. The molecule has 25 heavy (non-hydrogen) atoms. The van der Waals surface area contributed by atoms with Gasteiger partial charge in [0.25, 0.3) is 0 Å². The number of aryl methyl sites for hydroxylation is 1. The molecule has 0 aliphatic carbocycles. The summed E-state index contributed by atoms with van der Waals surface area (Å²) in [5.41, 5.74) is 2.63. The highest BCUT2D eigenvalue weighted by Gasteiger charge is 2.10. The molecule has 0 saturated carbocycles. The van der Waals surface area contributed by atoms with E-state index in [0.29, 0.717) is 16.5 Å². The van der Waals surface area contributed by atoms with E-state index >= 15 is 0 Å². The molecule has 1 aromatic heterocycles. The summed E-state index contributed by atoms with van der Waals surface area (Å²) >= 11 is 7.38. The highest BCUT2D eigenvalue weighted by Crippen LogP contribution is 2.28. The van der Waals surface area contributed by atoms with Crippen molar-refractivity contribution in [3.8, 4) is 5.75 Å². The molecule has 1 amide bonds. The number of benzene rings is 2. The van der Waals surface area contributed by atoms with Crippen molar-refractivity contribution in [2.45, 2.75) is 11.9 Å². The molecular weight excluding hydrogens is 356 g/mol. The zero-order valence-electron chi connectivity index (χ0n) is 13.9. The Morgan fingerprint density at radius 1 is 1.24 bits per heavy atom. The van der Waals surface area contributed by atoms with E-state index in [1.54, 1.807) is 25.3 Å². The van der Waals surface area contributed by atoms with E-state index in [4.69, 9.17) is 16.3 Å². The Hall–Kier alpha value is -2.24. The Morgan fingerprint density at radius 2 is 2.04 bits per heavy atom. The summed E-state index contributed by atoms with van der Waals surface area (Å²) in [5.74, 6) is 0.682. The number of carbonyl (C=O) groups excluding carboxylic acids is 1. The van der Waals surface area contributed by atoms with E-state index in [1.165, 1.54) is 11.8 Å². The number of carbonyl (C=O) groups is 1. The average molecular weight is 373 g/mol. The number of nitrogens with zero attached hydrogens (tertiary/aromatic N) is 1. The summed E-state index contributed by atoms with van der Waals surface area (Å²) in [5, 5.41) is 5.31. The molecule has 2 aromatic carbocycles. The number of thioether (sulfide) groups is 1. The van der Waals surface area contributed by atoms with Crippen molar-refractivity contribution in [3.05, 3.63) is 59.1 Å². The first-order valence-corrected chi connectivity index (χ1v) is 9.06. The molecule has 0 fully saturated rings. The number of hydrogen-bond acceptors (Lipinski definition) is 4. The minimum atomic E-state index is -0.141. The number of fused-ring (bicyclic) bond motifs is 1. The zero-order chi connectivity index (χ0) is 17.8. The predicted octanol–water partition coefficient (Wildman–Crippen LogP) is 4.94. The highest BCUT2D eigenvalue weighted by molar-refractivity contribution is 7.99. The van der Waals surface area contributed by atoms with Crippen LogP contribution >= 0.6 is 23.4 Å². The van der Waals surface area contributed by atoms with Gasteiger partial charge in [-0.15, -0.1) is 0 Å². The molecule has 0 radical (unpaired) electrons. The van der Waals surface area contributed by atoms with Crippen LogP contribution in [-0.4, -0.2) is 23.8 Å². The Kier molecular flexibility index (Phi) is 5.46. The van der Waals surface area contributed by atoms with Crippen molar-refractivity contribution < 1.29 is 9.53 Å². The number of ether oxygens (including phenoxy) is 1. The number of halogens is 1. The van der Waals surface area contributed by atoms with Gasteiger partial charge < -0.3 is 10.1 Å². The Bertz CT molecular complexity index is 930. The van der Waals surface area contributed by atoms with Crippen LogP contribution in [0.5, 0.6) is 5.75 Å². The van der Waals surface area contributed by atoms with Gasteiger partial charge in [0.2, 0.25) is 5.91 Å². The SMILES string of the molecule is COc1ccc(Cl)cc1NC(=O)CSc1cc(C)c2ccccc2n1. The molecule has 4 nitrogen and oxygen atoms in total. The van der Waals surface area contributed by atoms with E-state index in [1.807, 2.05) is 37.3 Å². The zero-order valence-corrected chi connectivity index (χ0v) is 15.4. The lowest BCUT2D eigenvalue weighted by molar-refractivity contribution is -0.113. The van der Waals surface area contributed by atoms with Gasteiger partial charge in [0, 0.05) is 10.4 Å². The summed E-state index contributed by atoms with van der Waals surface area (Å²) in [6.45, 7) is 2.05. The van der Waals surface area contributed by atoms with Crippen LogP contribution in [0.4, 0.5) is 5.69 Å². The van der Waals surface area contributed by atoms with Crippen LogP contribution in [0.1, 0.15) is 5.56 Å². The maximum Gasteiger partial charge on any atom is 0.234 e. The standard InChI is InChI=1S/C19H17ClN2O2S/c1-12-9-19(22-15-6-4-3-5-14(12)15)25-11-18(23)21-16-10-13(20)7-8-17(16)24-2/h3-10H,11H2,1-2H3,(H,21,23). The van der Waals surface area contributed by atoms with Crippen molar-refractivity contribution >= 4 is 45.9 Å². The van der Waals surface area contributed by atoms with Crippen LogP contribution in [0, 0.1) is 6.92 Å². The maximum absolute atomic E-state index is 12.3. The first kappa shape index (κ1) is 17.6. The molecule has 0 aliphatic heterocycles. The number of amides is 1. The monoisotopic (exact) mass is 372 g/mol. The molecule has 0 atom stereocenters. The number of nitrogens with one attached hydrogen (secondary N) is 1. The van der Waals surface area contributed by atoms with Gasteiger partial charge in [0.05, 0.1) is 29.1 Å². The third-order valence-corrected chi connectivity index (χ3v) is 4.83. The van der Waals surface area contributed by atoms with Gasteiger partial charge in [-0.25, -0.2) is 4.98 Å². The van der Waals surface area contributed by atoms with Gasteiger partial charge in [0.1, 0.15) is 5.75 Å². The molecule has 0 spiro atoms. The van der Waals surface area contributed by atoms with Crippen molar-refractivity contribution in [1.29, 1.82) is 0 Å². The second-order valence-corrected chi connectivity index (χ2v) is 6.91. The molecule has 0 aliphatic rings. The number of aromatic nitrogens is 1. The molecule has 6 heteroatoms. The van der Waals surface area contributed by atoms with E-state index in [2.05, 4.69) is 10.3 Å². The fourth-order valence-electron chi connectivity index (χ4n) is 2.50. The number of anilines is 1. The van der Waals surface area contributed by atoms with E-state index in [0.717, 1.165) is 21.5 Å². The van der Waals surface area contributed by atoms with Crippen LogP contribution in [0.15, 0.2) is 53.6 Å². The topological polar surface area (TPSA) is 51.2 Å². The summed E-state index contributed by atoms with van der Waals surface area (Å²) in [4.78, 5) is 16.9. The quantitative estimate of drug-likeness (QED) is 0.645. The Balaban J connectivity index is 1.70. The van der Waals surface area contributed by atoms with E-state index < -0.39 is 0 Å². The largest absolute Gasteiger partial charge is 0.495 e. The third-order valence-electron chi connectivity index (χ3n) is 3.69. The molecule has 1 heterocycles. The van der Waals surface area contributed by atoms with Crippen LogP contribution in [0.25, 0.3) is 10.9 Å². The molecule has 1 N–H and O–H groups in total. The number of pyridine rings is 1. The molecule has 0 unspecified atom stereocenters. The van der Waals surface area contributed by atoms with Gasteiger partial charge >= 0.3 is 0 Å². The average Bonchev–Trinajstić information content (AvgIpc) is 2.60. The minimum Gasteiger partial charge on any atom is -0.495 e. The Labute approximate surface area is 155 Å². The first-order chi connectivity index (χ1) is 12.1. The van der Waals surface area contributed by atoms with Gasteiger partial charge in [-0.3, -0.25) is 4.79 Å². The number of rotatable bonds is 5. The summed E-state index contributed by atoms with van der Waals surface area (Å²) in [7, 11) is 1.55. The number of para-hydroxylation sites is 1. The molecule has 0 bridgehead atoms. The van der Waals surface area contributed by atoms with Crippen LogP contribution in [-0.2, 0) is 4.79 Å². The number of hydrogen-bond donors (Lipinski definition) is 1. The predicted molar refractivity (Wildman–Crippen MR) is 104 cm³/mol. The van der Waals surface area contributed by atoms with Crippen LogP contribution < -0.4 is 10.1 Å². The molecule has 128 valence electrons. The van der Waals surface area contributed by atoms with Gasteiger partial charge in [0.15, 0.2) is 0 Å². The Morgan fingerprint density at radius 3 is 2.84 bits per heavy atom. The van der Waals surface area contributed by atoms with Crippen molar-refractivity contribution in [2.24, 2.45) is 0 Å². The third kappa shape index (κ3) is 4.24. The van der Waals surface area contributed by atoms with Gasteiger partial charge in [-0.05, 0) is 42.8 Å². The lowest BCUT2D eigenvalue weighted by atomic mass is 10.1. The van der Waals surface area contributed by atoms with E-state index in [-0.39, 0.29) is 11.7 Å². The van der Waals surface area contributed by atoms with Crippen LogP contribution in [0.2, 0.25) is 5.02 Å². The fraction of sp³-hybridized carbons (Fsp3) is 0.158. The van der Waals surface area contributed by atoms with E-state index in [9.17, 15) is 4.79 Å². The summed E-state index contributed by atoms with van der Waals surface area (Å²) in [6.07, 6.45) is 0.